The number of rotatable bonds is 6. The van der Waals surface area contributed by atoms with Crippen molar-refractivity contribution in [2.75, 3.05) is 6.54 Å². The van der Waals surface area contributed by atoms with Crippen molar-refractivity contribution in [3.8, 4) is 5.75 Å². The summed E-state index contributed by atoms with van der Waals surface area (Å²) in [5.41, 5.74) is 8.16. The van der Waals surface area contributed by atoms with Crippen LogP contribution < -0.4 is 11.1 Å². The molecule has 0 unspecified atom stereocenters. The van der Waals surface area contributed by atoms with Gasteiger partial charge >= 0.3 is 0 Å². The first kappa shape index (κ1) is 17.0. The topological polar surface area (TPSA) is 75.4 Å². The van der Waals surface area contributed by atoms with E-state index in [1.165, 1.54) is 5.39 Å². The zero-order valence-electron chi connectivity index (χ0n) is 14.0. The number of amides is 1. The molecule has 0 spiro atoms. The van der Waals surface area contributed by atoms with E-state index in [9.17, 15) is 9.90 Å². The molecule has 0 aliphatic heterocycles. The Morgan fingerprint density at radius 1 is 0.960 bits per heavy atom. The minimum atomic E-state index is -0.569. The molecule has 3 aromatic carbocycles. The minimum Gasteiger partial charge on any atom is -0.508 e. The molecule has 4 heteroatoms. The lowest BCUT2D eigenvalue weighted by molar-refractivity contribution is -0.122. The fraction of sp³-hybridized carbons (Fsp3) is 0.190. The molecule has 0 bridgehead atoms. The monoisotopic (exact) mass is 334 g/mol. The molecule has 0 fully saturated rings. The molecular weight excluding hydrogens is 312 g/mol. The van der Waals surface area contributed by atoms with Gasteiger partial charge in [-0.05, 0) is 46.9 Å². The Hall–Kier alpha value is -2.85. The first-order chi connectivity index (χ1) is 12.1. The third-order valence-corrected chi connectivity index (χ3v) is 4.26. The second-order valence-electron chi connectivity index (χ2n) is 6.20. The van der Waals surface area contributed by atoms with Crippen molar-refractivity contribution < 1.29 is 9.90 Å². The van der Waals surface area contributed by atoms with E-state index >= 15 is 0 Å². The predicted molar refractivity (Wildman–Crippen MR) is 100 cm³/mol. The van der Waals surface area contributed by atoms with Gasteiger partial charge in [0.05, 0.1) is 6.04 Å². The zero-order valence-corrected chi connectivity index (χ0v) is 14.0. The summed E-state index contributed by atoms with van der Waals surface area (Å²) < 4.78 is 0. The summed E-state index contributed by atoms with van der Waals surface area (Å²) in [4.78, 5) is 12.2. The van der Waals surface area contributed by atoms with E-state index in [4.69, 9.17) is 5.73 Å². The summed E-state index contributed by atoms with van der Waals surface area (Å²) in [6, 6.07) is 20.7. The Morgan fingerprint density at radius 2 is 1.64 bits per heavy atom. The Labute approximate surface area is 147 Å². The first-order valence-corrected chi connectivity index (χ1v) is 8.41. The van der Waals surface area contributed by atoms with Crippen LogP contribution in [0.4, 0.5) is 0 Å². The molecule has 128 valence electrons. The van der Waals surface area contributed by atoms with Crippen LogP contribution in [0.15, 0.2) is 66.7 Å². The third-order valence-electron chi connectivity index (χ3n) is 4.26. The molecule has 0 radical (unpaired) electrons. The van der Waals surface area contributed by atoms with Crippen molar-refractivity contribution in [3.05, 3.63) is 77.9 Å². The van der Waals surface area contributed by atoms with Crippen molar-refractivity contribution in [3.63, 3.8) is 0 Å². The molecule has 0 heterocycles. The molecule has 3 aromatic rings. The van der Waals surface area contributed by atoms with E-state index in [2.05, 4.69) is 29.6 Å². The number of nitrogens with one attached hydrogen (secondary N) is 1. The third kappa shape index (κ3) is 4.58. The number of aromatic hydroxyl groups is 1. The maximum Gasteiger partial charge on any atom is 0.237 e. The number of nitrogens with two attached hydrogens (primary N) is 1. The number of carbonyl (C=O) groups is 1. The second kappa shape index (κ2) is 7.81. The van der Waals surface area contributed by atoms with Crippen molar-refractivity contribution in [1.29, 1.82) is 0 Å². The molecule has 4 nitrogen and oxygen atoms in total. The lowest BCUT2D eigenvalue weighted by atomic mass is 10.0. The minimum absolute atomic E-state index is 0.146. The van der Waals surface area contributed by atoms with Crippen LogP contribution in [0.3, 0.4) is 0 Å². The number of carbonyl (C=O) groups excluding carboxylic acids is 1. The van der Waals surface area contributed by atoms with E-state index in [-0.39, 0.29) is 11.7 Å². The molecule has 0 saturated heterocycles. The summed E-state index contributed by atoms with van der Waals surface area (Å²) in [7, 11) is 0. The van der Waals surface area contributed by atoms with E-state index in [1.807, 2.05) is 30.3 Å². The van der Waals surface area contributed by atoms with Gasteiger partial charge in [0.15, 0.2) is 0 Å². The van der Waals surface area contributed by atoms with Gasteiger partial charge in [0, 0.05) is 6.54 Å². The Kier molecular flexibility index (Phi) is 5.31. The van der Waals surface area contributed by atoms with Gasteiger partial charge in [0.1, 0.15) is 5.75 Å². The molecule has 4 N–H and O–H groups in total. The summed E-state index contributed by atoms with van der Waals surface area (Å²) in [5, 5.41) is 14.5. The molecule has 3 rings (SSSR count). The highest BCUT2D eigenvalue weighted by Gasteiger charge is 2.13. The number of benzene rings is 3. The highest BCUT2D eigenvalue weighted by atomic mass is 16.3. The van der Waals surface area contributed by atoms with Gasteiger partial charge < -0.3 is 16.2 Å². The van der Waals surface area contributed by atoms with Crippen LogP contribution in [0.1, 0.15) is 11.1 Å². The average molecular weight is 334 g/mol. The SMILES string of the molecule is N[C@@H](Cc1ccc2ccccc2c1)C(=O)NCCc1ccc(O)cc1. The maximum atomic E-state index is 12.2. The van der Waals surface area contributed by atoms with Gasteiger partial charge in [-0.25, -0.2) is 0 Å². The van der Waals surface area contributed by atoms with E-state index in [0.717, 1.165) is 16.5 Å². The Morgan fingerprint density at radius 3 is 2.40 bits per heavy atom. The van der Waals surface area contributed by atoms with Crippen LogP contribution in [-0.2, 0) is 17.6 Å². The molecule has 1 atom stereocenters. The summed E-state index contributed by atoms with van der Waals surface area (Å²) >= 11 is 0. The highest BCUT2D eigenvalue weighted by Crippen LogP contribution is 2.16. The van der Waals surface area contributed by atoms with Crippen molar-refractivity contribution in [1.82, 2.24) is 5.32 Å². The highest BCUT2D eigenvalue weighted by molar-refractivity contribution is 5.84. The van der Waals surface area contributed by atoms with Gasteiger partial charge in [-0.15, -0.1) is 0 Å². The molecule has 25 heavy (non-hydrogen) atoms. The van der Waals surface area contributed by atoms with Crippen LogP contribution in [0.2, 0.25) is 0 Å². The largest absolute Gasteiger partial charge is 0.508 e. The lowest BCUT2D eigenvalue weighted by Gasteiger charge is -2.13. The Bertz CT molecular complexity index is 859. The van der Waals surface area contributed by atoms with Crippen molar-refractivity contribution in [2.24, 2.45) is 5.73 Å². The van der Waals surface area contributed by atoms with Gasteiger partial charge in [0.25, 0.3) is 0 Å². The molecular formula is C21H22N2O2. The van der Waals surface area contributed by atoms with Crippen molar-refractivity contribution in [2.45, 2.75) is 18.9 Å². The van der Waals surface area contributed by atoms with Crippen LogP contribution in [-0.4, -0.2) is 23.6 Å². The van der Waals surface area contributed by atoms with E-state index in [0.29, 0.717) is 19.4 Å². The van der Waals surface area contributed by atoms with Crippen LogP contribution >= 0.6 is 0 Å². The number of phenolic OH excluding ortho intramolecular Hbond substituents is 1. The predicted octanol–water partition coefficient (Wildman–Crippen LogP) is 2.77. The first-order valence-electron chi connectivity index (χ1n) is 8.41. The lowest BCUT2D eigenvalue weighted by Crippen LogP contribution is -2.42. The molecule has 0 aliphatic carbocycles. The fourth-order valence-electron chi connectivity index (χ4n) is 2.84. The van der Waals surface area contributed by atoms with Gasteiger partial charge in [-0.2, -0.15) is 0 Å². The molecule has 0 aliphatic rings. The van der Waals surface area contributed by atoms with E-state index in [1.54, 1.807) is 12.1 Å². The summed E-state index contributed by atoms with van der Waals surface area (Å²) in [6.45, 7) is 0.523. The summed E-state index contributed by atoms with van der Waals surface area (Å²) in [5.74, 6) is 0.0946. The quantitative estimate of drug-likeness (QED) is 0.649. The number of phenols is 1. The normalized spacial score (nSPS) is 12.0. The average Bonchev–Trinajstić information content (AvgIpc) is 2.63. The van der Waals surface area contributed by atoms with Gasteiger partial charge in [-0.3, -0.25) is 4.79 Å². The zero-order chi connectivity index (χ0) is 17.6. The van der Waals surface area contributed by atoms with Crippen LogP contribution in [0.5, 0.6) is 5.75 Å². The van der Waals surface area contributed by atoms with Crippen molar-refractivity contribution >= 4 is 16.7 Å². The van der Waals surface area contributed by atoms with Crippen LogP contribution in [0.25, 0.3) is 10.8 Å². The fourth-order valence-corrected chi connectivity index (χ4v) is 2.84. The Balaban J connectivity index is 1.52. The van der Waals surface area contributed by atoms with Gasteiger partial charge in [-0.1, -0.05) is 54.6 Å². The van der Waals surface area contributed by atoms with Gasteiger partial charge in [0.2, 0.25) is 5.91 Å². The number of fused-ring (bicyclic) bond motifs is 1. The summed E-state index contributed by atoms with van der Waals surface area (Å²) in [6.07, 6.45) is 1.21. The number of hydrogen-bond acceptors (Lipinski definition) is 3. The molecule has 1 amide bonds. The molecule has 0 saturated carbocycles. The standard InChI is InChI=1S/C21H22N2O2/c22-20(14-16-5-8-17-3-1-2-4-18(17)13-16)21(25)23-12-11-15-6-9-19(24)10-7-15/h1-10,13,20,24H,11-12,14,22H2,(H,23,25)/t20-/m0/s1. The number of hydrogen-bond donors (Lipinski definition) is 3. The smallest absolute Gasteiger partial charge is 0.237 e. The molecule has 0 aromatic heterocycles. The van der Waals surface area contributed by atoms with E-state index < -0.39 is 6.04 Å². The maximum absolute atomic E-state index is 12.2. The second-order valence-corrected chi connectivity index (χ2v) is 6.20. The van der Waals surface area contributed by atoms with Crippen LogP contribution in [0, 0.1) is 0 Å².